The molecule has 0 unspecified atom stereocenters. The fourth-order valence-corrected chi connectivity index (χ4v) is 2.17. The summed E-state index contributed by atoms with van der Waals surface area (Å²) in [6.45, 7) is 0. The largest absolute Gasteiger partial charge is 0.137 e. The third-order valence-corrected chi connectivity index (χ3v) is 2.97. The van der Waals surface area contributed by atoms with Crippen LogP contribution in [0.4, 0.5) is 0 Å². The molecule has 0 fully saturated rings. The van der Waals surface area contributed by atoms with Crippen molar-refractivity contribution in [1.82, 2.24) is 9.59 Å². The number of hydrogen-bond acceptors (Lipinski definition) is 3. The minimum atomic E-state index is 0.963. The highest BCUT2D eigenvalue weighted by molar-refractivity contribution is 7.13. The van der Waals surface area contributed by atoms with E-state index in [2.05, 4.69) is 21.7 Å². The Balaban J connectivity index is 2.31. The molecule has 0 saturated carbocycles. The number of nitrogens with zero attached hydrogens (tertiary/aromatic N) is 2. The zero-order valence-electron chi connectivity index (χ0n) is 7.84. The molecule has 2 nitrogen and oxygen atoms in total. The minimum absolute atomic E-state index is 0.963. The van der Waals surface area contributed by atoms with Gasteiger partial charge in [0.25, 0.3) is 0 Å². The van der Waals surface area contributed by atoms with E-state index in [0.29, 0.717) is 0 Å². The normalized spacial score (nSPS) is 10.7. The minimum Gasteiger partial charge on any atom is -0.137 e. The van der Waals surface area contributed by atoms with Gasteiger partial charge in [0.15, 0.2) is 0 Å². The average molecular weight is 211 g/mol. The summed E-state index contributed by atoms with van der Waals surface area (Å²) >= 11 is 1.42. The topological polar surface area (TPSA) is 25.8 Å². The number of aromatic nitrogens is 2. The van der Waals surface area contributed by atoms with Gasteiger partial charge in [-0.2, -0.15) is 0 Å². The van der Waals surface area contributed by atoms with Gasteiger partial charge in [0, 0.05) is 5.56 Å². The van der Waals surface area contributed by atoms with Crippen LogP contribution in [0.3, 0.4) is 0 Å². The van der Waals surface area contributed by atoms with Gasteiger partial charge in [-0.25, -0.2) is 0 Å². The van der Waals surface area contributed by atoms with Crippen LogP contribution in [0.2, 0.25) is 0 Å². The van der Waals surface area contributed by atoms with E-state index in [4.69, 9.17) is 0 Å². The highest BCUT2D eigenvalue weighted by atomic mass is 32.1. The molecule has 1 aromatic heterocycles. The number of hydrogen-bond donors (Lipinski definition) is 0. The molecule has 3 rings (SSSR count). The maximum absolute atomic E-state index is 4.14. The van der Waals surface area contributed by atoms with Gasteiger partial charge in [-0.1, -0.05) is 40.9 Å². The van der Waals surface area contributed by atoms with Gasteiger partial charge in [-0.15, -0.1) is 5.10 Å². The summed E-state index contributed by atoms with van der Waals surface area (Å²) in [6, 6.07) is 17.2. The molecule has 1 heterocycles. The summed E-state index contributed by atoms with van der Waals surface area (Å²) in [4.78, 5) is 0. The molecular formula is C12H7N2S. The first kappa shape index (κ1) is 8.56. The zero-order valence-corrected chi connectivity index (χ0v) is 8.66. The second-order valence-corrected chi connectivity index (χ2v) is 3.99. The van der Waals surface area contributed by atoms with Crippen LogP contribution >= 0.6 is 11.5 Å². The lowest BCUT2D eigenvalue weighted by atomic mass is 10.1. The van der Waals surface area contributed by atoms with Crippen LogP contribution in [0.15, 0.2) is 42.5 Å². The third kappa shape index (κ3) is 1.41. The van der Waals surface area contributed by atoms with Crippen LogP contribution in [0.25, 0.3) is 21.3 Å². The van der Waals surface area contributed by atoms with E-state index in [1.54, 1.807) is 0 Å². The van der Waals surface area contributed by atoms with Crippen molar-refractivity contribution in [1.29, 1.82) is 0 Å². The Bertz CT molecular complexity index is 587. The lowest BCUT2D eigenvalue weighted by molar-refractivity contribution is 1.20. The lowest BCUT2D eigenvalue weighted by Gasteiger charge is -2.00. The van der Waals surface area contributed by atoms with E-state index in [1.165, 1.54) is 11.5 Å². The monoisotopic (exact) mass is 211 g/mol. The quantitative estimate of drug-likeness (QED) is 0.618. The first-order valence-corrected chi connectivity index (χ1v) is 5.41. The second kappa shape index (κ2) is 3.44. The molecular weight excluding hydrogens is 204 g/mol. The van der Waals surface area contributed by atoms with Gasteiger partial charge in [-0.05, 0) is 29.2 Å². The maximum Gasteiger partial charge on any atom is 0.113 e. The van der Waals surface area contributed by atoms with Crippen molar-refractivity contribution in [2.45, 2.75) is 0 Å². The molecule has 0 aliphatic carbocycles. The van der Waals surface area contributed by atoms with Crippen molar-refractivity contribution in [3.8, 4) is 11.1 Å². The standard InChI is InChI=1S/C12H7N2S/c1-2-5-9(6-3-1)10-7-4-8-11-12(10)13-14-15-11/h1-5,7-8H. The van der Waals surface area contributed by atoms with Crippen LogP contribution in [0, 0.1) is 6.07 Å². The fraction of sp³-hybridized carbons (Fsp3) is 0. The summed E-state index contributed by atoms with van der Waals surface area (Å²) in [7, 11) is 0. The molecule has 0 spiro atoms. The summed E-state index contributed by atoms with van der Waals surface area (Å²) < 4.78 is 5.08. The highest BCUT2D eigenvalue weighted by Crippen LogP contribution is 2.27. The van der Waals surface area contributed by atoms with E-state index >= 15 is 0 Å². The van der Waals surface area contributed by atoms with Crippen molar-refractivity contribution in [2.75, 3.05) is 0 Å². The molecule has 0 bridgehead atoms. The summed E-state index contributed by atoms with van der Waals surface area (Å²) in [5, 5.41) is 4.14. The Morgan fingerprint density at radius 3 is 2.93 bits per heavy atom. The Hall–Kier alpha value is -1.74. The Morgan fingerprint density at radius 1 is 1.07 bits per heavy atom. The van der Waals surface area contributed by atoms with Crippen molar-refractivity contribution in [2.24, 2.45) is 0 Å². The number of rotatable bonds is 1. The molecule has 0 N–H and O–H groups in total. The molecule has 3 heteroatoms. The van der Waals surface area contributed by atoms with Crippen LogP contribution < -0.4 is 0 Å². The molecule has 3 aromatic rings. The molecule has 71 valence electrons. The summed E-state index contributed by atoms with van der Waals surface area (Å²) in [6.07, 6.45) is 0. The molecule has 0 aliphatic heterocycles. The lowest BCUT2D eigenvalue weighted by Crippen LogP contribution is -1.79. The van der Waals surface area contributed by atoms with E-state index in [0.717, 1.165) is 21.3 Å². The SMILES string of the molecule is [c]1ccccc1-c1cccc2snnc12. The summed E-state index contributed by atoms with van der Waals surface area (Å²) in [5.74, 6) is 0. The molecule has 2 aromatic carbocycles. The average Bonchev–Trinajstić information content (AvgIpc) is 2.78. The molecule has 15 heavy (non-hydrogen) atoms. The van der Waals surface area contributed by atoms with Crippen molar-refractivity contribution in [3.63, 3.8) is 0 Å². The van der Waals surface area contributed by atoms with Crippen molar-refractivity contribution < 1.29 is 0 Å². The smallest absolute Gasteiger partial charge is 0.113 e. The fourth-order valence-electron chi connectivity index (χ4n) is 1.58. The van der Waals surface area contributed by atoms with Gasteiger partial charge in [0.2, 0.25) is 0 Å². The van der Waals surface area contributed by atoms with Crippen LogP contribution in [0.5, 0.6) is 0 Å². The molecule has 0 aliphatic rings. The number of fused-ring (bicyclic) bond motifs is 1. The van der Waals surface area contributed by atoms with Crippen molar-refractivity contribution >= 4 is 21.7 Å². The molecule has 0 atom stereocenters. The number of benzene rings is 2. The van der Waals surface area contributed by atoms with E-state index < -0.39 is 0 Å². The van der Waals surface area contributed by atoms with Crippen LogP contribution in [-0.4, -0.2) is 9.59 Å². The Morgan fingerprint density at radius 2 is 2.07 bits per heavy atom. The van der Waals surface area contributed by atoms with Gasteiger partial charge in [0.05, 0.1) is 4.70 Å². The van der Waals surface area contributed by atoms with Gasteiger partial charge in [-0.3, -0.25) is 0 Å². The van der Waals surface area contributed by atoms with Crippen molar-refractivity contribution in [3.05, 3.63) is 48.5 Å². The Labute approximate surface area is 91.4 Å². The zero-order chi connectivity index (χ0) is 10.1. The second-order valence-electron chi connectivity index (χ2n) is 3.20. The van der Waals surface area contributed by atoms with E-state index in [1.807, 2.05) is 36.4 Å². The van der Waals surface area contributed by atoms with Gasteiger partial charge >= 0.3 is 0 Å². The predicted octanol–water partition coefficient (Wildman–Crippen LogP) is 3.16. The van der Waals surface area contributed by atoms with E-state index in [-0.39, 0.29) is 0 Å². The highest BCUT2D eigenvalue weighted by Gasteiger charge is 2.05. The third-order valence-electron chi connectivity index (χ3n) is 2.28. The first-order chi connectivity index (χ1) is 7.45. The maximum atomic E-state index is 4.14. The molecule has 0 amide bonds. The molecule has 0 saturated heterocycles. The predicted molar refractivity (Wildman–Crippen MR) is 61.7 cm³/mol. The summed E-state index contributed by atoms with van der Waals surface area (Å²) in [5.41, 5.74) is 3.13. The first-order valence-electron chi connectivity index (χ1n) is 4.63. The van der Waals surface area contributed by atoms with Gasteiger partial charge in [0.1, 0.15) is 5.52 Å². The Kier molecular flexibility index (Phi) is 1.96. The van der Waals surface area contributed by atoms with E-state index in [9.17, 15) is 0 Å². The van der Waals surface area contributed by atoms with Crippen LogP contribution in [-0.2, 0) is 0 Å². The molecule has 1 radical (unpaired) electrons. The van der Waals surface area contributed by atoms with Gasteiger partial charge < -0.3 is 0 Å². The van der Waals surface area contributed by atoms with Crippen LogP contribution in [0.1, 0.15) is 0 Å².